The number of methoxy groups -OCH3 is 2. The molecule has 3 heteroatoms. The molecule has 0 aromatic rings. The lowest BCUT2D eigenvalue weighted by atomic mass is 10.0. The van der Waals surface area contributed by atoms with Crippen LogP contribution in [0.15, 0.2) is 0 Å². The molecule has 1 fully saturated rings. The van der Waals surface area contributed by atoms with Gasteiger partial charge in [-0.2, -0.15) is 0 Å². The van der Waals surface area contributed by atoms with Crippen LogP contribution >= 0.6 is 0 Å². The molecule has 1 heterocycles. The average molecular weight is 160 g/mol. The molecule has 1 aliphatic rings. The first-order valence-corrected chi connectivity index (χ1v) is 3.95. The van der Waals surface area contributed by atoms with Gasteiger partial charge in [0, 0.05) is 20.6 Å². The standard InChI is InChI=1S/C8H16O3/c1-6-8(10-3)4-7(9-2)5-11-6/h6-8H,4-5H2,1-3H3/t6-,7+,8?/m0/s1. The van der Waals surface area contributed by atoms with Crippen LogP contribution in [0.1, 0.15) is 13.3 Å². The molecule has 1 unspecified atom stereocenters. The highest BCUT2D eigenvalue weighted by atomic mass is 16.6. The average Bonchev–Trinajstić information content (AvgIpc) is 2.05. The minimum Gasteiger partial charge on any atom is -0.379 e. The van der Waals surface area contributed by atoms with Crippen molar-refractivity contribution in [2.45, 2.75) is 31.7 Å². The van der Waals surface area contributed by atoms with Gasteiger partial charge >= 0.3 is 0 Å². The quantitative estimate of drug-likeness (QED) is 0.598. The topological polar surface area (TPSA) is 27.7 Å². The first-order chi connectivity index (χ1) is 5.27. The second kappa shape index (κ2) is 4.04. The largest absolute Gasteiger partial charge is 0.379 e. The molecule has 0 saturated carbocycles. The number of hydrogen-bond donors (Lipinski definition) is 0. The van der Waals surface area contributed by atoms with E-state index >= 15 is 0 Å². The fraction of sp³-hybridized carbons (Fsp3) is 1.00. The molecule has 1 aliphatic heterocycles. The van der Waals surface area contributed by atoms with Crippen LogP contribution in [-0.4, -0.2) is 39.1 Å². The van der Waals surface area contributed by atoms with E-state index in [9.17, 15) is 0 Å². The van der Waals surface area contributed by atoms with Gasteiger partial charge in [-0.25, -0.2) is 0 Å². The minimum atomic E-state index is 0.189. The van der Waals surface area contributed by atoms with Crippen LogP contribution < -0.4 is 0 Å². The Morgan fingerprint density at radius 2 is 2.00 bits per heavy atom. The van der Waals surface area contributed by atoms with Crippen LogP contribution in [0.4, 0.5) is 0 Å². The summed E-state index contributed by atoms with van der Waals surface area (Å²) in [5.74, 6) is 0. The van der Waals surface area contributed by atoms with Crippen molar-refractivity contribution in [3.05, 3.63) is 0 Å². The van der Waals surface area contributed by atoms with E-state index in [1.54, 1.807) is 14.2 Å². The third-order valence-corrected chi connectivity index (χ3v) is 2.20. The van der Waals surface area contributed by atoms with Gasteiger partial charge in [0.05, 0.1) is 24.9 Å². The first-order valence-electron chi connectivity index (χ1n) is 3.95. The van der Waals surface area contributed by atoms with E-state index in [4.69, 9.17) is 14.2 Å². The van der Waals surface area contributed by atoms with Gasteiger partial charge in [-0.15, -0.1) is 0 Å². The highest BCUT2D eigenvalue weighted by Gasteiger charge is 2.27. The second-order valence-electron chi connectivity index (χ2n) is 2.91. The molecule has 66 valence electrons. The summed E-state index contributed by atoms with van der Waals surface area (Å²) in [6, 6.07) is 0. The van der Waals surface area contributed by atoms with Gasteiger partial charge in [0.15, 0.2) is 0 Å². The van der Waals surface area contributed by atoms with Gasteiger partial charge in [0.2, 0.25) is 0 Å². The lowest BCUT2D eigenvalue weighted by molar-refractivity contribution is -0.136. The number of hydrogen-bond acceptors (Lipinski definition) is 3. The van der Waals surface area contributed by atoms with Crippen molar-refractivity contribution < 1.29 is 14.2 Å². The van der Waals surface area contributed by atoms with Crippen molar-refractivity contribution in [3.8, 4) is 0 Å². The number of rotatable bonds is 2. The number of ether oxygens (including phenoxy) is 3. The predicted octanol–water partition coefficient (Wildman–Crippen LogP) is 0.825. The summed E-state index contributed by atoms with van der Waals surface area (Å²) >= 11 is 0. The van der Waals surface area contributed by atoms with Gasteiger partial charge < -0.3 is 14.2 Å². The molecule has 3 atom stereocenters. The molecular formula is C8H16O3. The van der Waals surface area contributed by atoms with Crippen LogP contribution in [-0.2, 0) is 14.2 Å². The van der Waals surface area contributed by atoms with E-state index in [0.717, 1.165) is 6.42 Å². The summed E-state index contributed by atoms with van der Waals surface area (Å²) in [5.41, 5.74) is 0. The Morgan fingerprint density at radius 3 is 2.55 bits per heavy atom. The Kier molecular flexibility index (Phi) is 3.30. The zero-order valence-corrected chi connectivity index (χ0v) is 7.37. The maximum Gasteiger partial charge on any atom is 0.0855 e. The molecule has 0 aliphatic carbocycles. The Hall–Kier alpha value is -0.120. The molecular weight excluding hydrogens is 144 g/mol. The van der Waals surface area contributed by atoms with E-state index in [2.05, 4.69) is 0 Å². The Morgan fingerprint density at radius 1 is 1.27 bits per heavy atom. The van der Waals surface area contributed by atoms with Crippen LogP contribution in [0.2, 0.25) is 0 Å². The summed E-state index contributed by atoms with van der Waals surface area (Å²) in [7, 11) is 3.42. The third kappa shape index (κ3) is 2.15. The SMILES string of the molecule is COC1C[C@@H](OC)CO[C@H]1C. The molecule has 1 saturated heterocycles. The summed E-state index contributed by atoms with van der Waals surface area (Å²) in [4.78, 5) is 0. The summed E-state index contributed by atoms with van der Waals surface area (Å²) in [6.45, 7) is 2.72. The lowest BCUT2D eigenvalue weighted by Gasteiger charge is -2.32. The first kappa shape index (κ1) is 8.97. The molecule has 0 amide bonds. The van der Waals surface area contributed by atoms with Crippen molar-refractivity contribution in [1.29, 1.82) is 0 Å². The summed E-state index contributed by atoms with van der Waals surface area (Å²) in [5, 5.41) is 0. The highest BCUT2D eigenvalue weighted by molar-refractivity contribution is 4.76. The van der Waals surface area contributed by atoms with Crippen LogP contribution in [0.3, 0.4) is 0 Å². The van der Waals surface area contributed by atoms with Crippen LogP contribution in [0.25, 0.3) is 0 Å². The zero-order valence-electron chi connectivity index (χ0n) is 7.37. The molecule has 0 radical (unpaired) electrons. The molecule has 0 spiro atoms. The van der Waals surface area contributed by atoms with Crippen molar-refractivity contribution in [3.63, 3.8) is 0 Å². The second-order valence-corrected chi connectivity index (χ2v) is 2.91. The summed E-state index contributed by atoms with van der Waals surface area (Å²) in [6.07, 6.45) is 1.53. The Balaban J connectivity index is 2.37. The molecule has 0 aromatic heterocycles. The van der Waals surface area contributed by atoms with Crippen LogP contribution in [0.5, 0.6) is 0 Å². The van der Waals surface area contributed by atoms with Gasteiger partial charge in [0.1, 0.15) is 0 Å². The minimum absolute atomic E-state index is 0.189. The molecule has 0 aromatic carbocycles. The summed E-state index contributed by atoms with van der Waals surface area (Å²) < 4.78 is 15.8. The van der Waals surface area contributed by atoms with Crippen LogP contribution in [0, 0.1) is 0 Å². The van der Waals surface area contributed by atoms with Gasteiger partial charge in [-0.05, 0) is 6.92 Å². The lowest BCUT2D eigenvalue weighted by Crippen LogP contribution is -2.41. The monoisotopic (exact) mass is 160 g/mol. The Labute approximate surface area is 67.6 Å². The van der Waals surface area contributed by atoms with E-state index in [0.29, 0.717) is 6.61 Å². The molecule has 1 rings (SSSR count). The molecule has 0 bridgehead atoms. The van der Waals surface area contributed by atoms with Crippen molar-refractivity contribution in [2.75, 3.05) is 20.8 Å². The third-order valence-electron chi connectivity index (χ3n) is 2.20. The van der Waals surface area contributed by atoms with E-state index < -0.39 is 0 Å². The smallest absolute Gasteiger partial charge is 0.0855 e. The normalized spacial score (nSPS) is 39.0. The van der Waals surface area contributed by atoms with E-state index in [-0.39, 0.29) is 18.3 Å². The van der Waals surface area contributed by atoms with Crippen molar-refractivity contribution >= 4 is 0 Å². The molecule has 0 N–H and O–H groups in total. The van der Waals surface area contributed by atoms with Gasteiger partial charge in [-0.3, -0.25) is 0 Å². The highest BCUT2D eigenvalue weighted by Crippen LogP contribution is 2.18. The van der Waals surface area contributed by atoms with Crippen molar-refractivity contribution in [2.24, 2.45) is 0 Å². The molecule has 11 heavy (non-hydrogen) atoms. The van der Waals surface area contributed by atoms with E-state index in [1.165, 1.54) is 0 Å². The van der Waals surface area contributed by atoms with Gasteiger partial charge in [-0.1, -0.05) is 0 Å². The maximum absolute atomic E-state index is 5.43. The Bertz CT molecular complexity index is 116. The maximum atomic E-state index is 5.43. The predicted molar refractivity (Wildman–Crippen MR) is 41.6 cm³/mol. The van der Waals surface area contributed by atoms with Crippen molar-refractivity contribution in [1.82, 2.24) is 0 Å². The molecule has 3 nitrogen and oxygen atoms in total. The fourth-order valence-corrected chi connectivity index (χ4v) is 1.34. The van der Waals surface area contributed by atoms with E-state index in [1.807, 2.05) is 6.92 Å². The van der Waals surface area contributed by atoms with Gasteiger partial charge in [0.25, 0.3) is 0 Å². The fourth-order valence-electron chi connectivity index (χ4n) is 1.34. The zero-order chi connectivity index (χ0) is 8.27.